The van der Waals surface area contributed by atoms with Gasteiger partial charge in [-0.3, -0.25) is 14.9 Å². The predicted octanol–water partition coefficient (Wildman–Crippen LogP) is 3.67. The Morgan fingerprint density at radius 1 is 1.22 bits per heavy atom. The van der Waals surface area contributed by atoms with Crippen LogP contribution < -0.4 is 5.32 Å². The van der Waals surface area contributed by atoms with Crippen LogP contribution in [0.15, 0.2) is 48.5 Å². The van der Waals surface area contributed by atoms with Crippen LogP contribution in [0, 0.1) is 16.0 Å². The largest absolute Gasteiger partial charge is 0.452 e. The van der Waals surface area contributed by atoms with Gasteiger partial charge in [0, 0.05) is 11.1 Å². The predicted molar refractivity (Wildman–Crippen MR) is 98.4 cm³/mol. The molecule has 0 spiro atoms. The van der Waals surface area contributed by atoms with Crippen LogP contribution in [-0.2, 0) is 9.53 Å². The Kier molecular flexibility index (Phi) is 5.71. The number of esters is 1. The number of nitrogens with one attached hydrogen (secondary N) is 1. The number of amides is 1. The van der Waals surface area contributed by atoms with Gasteiger partial charge in [0.25, 0.3) is 11.6 Å². The molecule has 1 aliphatic rings. The summed E-state index contributed by atoms with van der Waals surface area (Å²) in [7, 11) is 0. The summed E-state index contributed by atoms with van der Waals surface area (Å²) in [5.41, 5.74) is 0.275. The highest BCUT2D eigenvalue weighted by Crippen LogP contribution is 2.40. The lowest BCUT2D eigenvalue weighted by Crippen LogP contribution is -2.33. The molecule has 2 aromatic carbocycles. The molecule has 0 radical (unpaired) electrons. The van der Waals surface area contributed by atoms with Gasteiger partial charge in [-0.05, 0) is 36.5 Å². The Balaban J connectivity index is 1.63. The molecule has 1 unspecified atom stereocenters. The Bertz CT molecular complexity index is 868. The Morgan fingerprint density at radius 3 is 2.56 bits per heavy atom. The summed E-state index contributed by atoms with van der Waals surface area (Å²) >= 11 is 5.80. The van der Waals surface area contributed by atoms with Crippen molar-refractivity contribution in [3.8, 4) is 0 Å². The van der Waals surface area contributed by atoms with Gasteiger partial charge in [0.05, 0.1) is 11.0 Å². The number of carbonyl (C=O) groups is 2. The van der Waals surface area contributed by atoms with Gasteiger partial charge < -0.3 is 10.1 Å². The number of nitro groups is 1. The van der Waals surface area contributed by atoms with Gasteiger partial charge in [-0.1, -0.05) is 41.9 Å². The minimum Gasteiger partial charge on any atom is -0.452 e. The van der Waals surface area contributed by atoms with E-state index in [-0.39, 0.29) is 16.6 Å². The average Bonchev–Trinajstić information content (AvgIpc) is 3.49. The first kappa shape index (κ1) is 18.8. The summed E-state index contributed by atoms with van der Waals surface area (Å²) in [5.74, 6) is -1.07. The third kappa shape index (κ3) is 4.83. The lowest BCUT2D eigenvalue weighted by molar-refractivity contribution is -0.385. The van der Waals surface area contributed by atoms with E-state index in [1.807, 2.05) is 30.3 Å². The van der Waals surface area contributed by atoms with Gasteiger partial charge in [0.2, 0.25) is 0 Å². The summed E-state index contributed by atoms with van der Waals surface area (Å²) < 4.78 is 4.96. The number of benzene rings is 2. The zero-order chi connectivity index (χ0) is 19.4. The molecule has 2 aromatic rings. The number of carbonyl (C=O) groups excluding carboxylic acids is 2. The second kappa shape index (κ2) is 8.18. The smallest absolute Gasteiger partial charge is 0.345 e. The van der Waals surface area contributed by atoms with Gasteiger partial charge in [0.15, 0.2) is 6.61 Å². The van der Waals surface area contributed by atoms with Gasteiger partial charge in [-0.2, -0.15) is 0 Å². The van der Waals surface area contributed by atoms with Crippen LogP contribution >= 0.6 is 11.6 Å². The highest BCUT2D eigenvalue weighted by molar-refractivity contribution is 6.31. The van der Waals surface area contributed by atoms with Gasteiger partial charge >= 0.3 is 5.97 Å². The molecule has 1 fully saturated rings. The number of nitrogens with zero attached hydrogens (tertiary/aromatic N) is 1. The summed E-state index contributed by atoms with van der Waals surface area (Å²) in [6.07, 6.45) is 2.04. The quantitative estimate of drug-likeness (QED) is 0.443. The van der Waals surface area contributed by atoms with Crippen molar-refractivity contribution in [2.24, 2.45) is 5.92 Å². The van der Waals surface area contributed by atoms with Crippen molar-refractivity contribution in [2.45, 2.75) is 18.9 Å². The van der Waals surface area contributed by atoms with Crippen LogP contribution in [0.2, 0.25) is 5.02 Å². The lowest BCUT2D eigenvalue weighted by atomic mass is 10.0. The molecule has 0 aromatic heterocycles. The van der Waals surface area contributed by atoms with Crippen molar-refractivity contribution in [3.05, 3.63) is 74.8 Å². The maximum absolute atomic E-state index is 12.2. The molecule has 0 saturated heterocycles. The minimum absolute atomic E-state index is 0.141. The second-order valence-corrected chi connectivity index (χ2v) is 6.72. The molecule has 0 heterocycles. The van der Waals surface area contributed by atoms with Crippen molar-refractivity contribution in [1.29, 1.82) is 0 Å². The summed E-state index contributed by atoms with van der Waals surface area (Å²) in [6.45, 7) is -0.529. The van der Waals surface area contributed by atoms with E-state index >= 15 is 0 Å². The topological polar surface area (TPSA) is 98.5 Å². The van der Waals surface area contributed by atoms with E-state index in [1.54, 1.807) is 0 Å². The standard InChI is InChI=1S/C19H17ClN2O5/c20-14-8-9-16(22(25)26)15(10-14)19(24)27-11-17(23)21-18(13-6-7-13)12-4-2-1-3-5-12/h1-5,8-10,13,18H,6-7,11H2,(H,21,23). The maximum atomic E-state index is 12.2. The van der Waals surface area contributed by atoms with E-state index in [1.165, 1.54) is 6.07 Å². The first-order chi connectivity index (χ1) is 13.0. The molecular weight excluding hydrogens is 372 g/mol. The SMILES string of the molecule is O=C(COC(=O)c1cc(Cl)ccc1[N+](=O)[O-])NC(c1ccccc1)C1CC1. The number of nitro benzene ring substituents is 1. The molecule has 8 heteroatoms. The zero-order valence-electron chi connectivity index (χ0n) is 14.3. The molecule has 1 saturated carbocycles. The molecule has 1 aliphatic carbocycles. The number of hydrogen-bond donors (Lipinski definition) is 1. The van der Waals surface area contributed by atoms with Crippen molar-refractivity contribution in [2.75, 3.05) is 6.61 Å². The molecule has 27 heavy (non-hydrogen) atoms. The monoisotopic (exact) mass is 388 g/mol. The van der Waals surface area contributed by atoms with Crippen LogP contribution in [0.25, 0.3) is 0 Å². The third-order valence-electron chi connectivity index (χ3n) is 4.28. The average molecular weight is 389 g/mol. The van der Waals surface area contributed by atoms with Crippen LogP contribution in [0.1, 0.15) is 34.8 Å². The number of ether oxygens (including phenoxy) is 1. The summed E-state index contributed by atoms with van der Waals surface area (Å²) in [4.78, 5) is 34.7. The zero-order valence-corrected chi connectivity index (χ0v) is 15.0. The fraction of sp³-hybridized carbons (Fsp3) is 0.263. The first-order valence-electron chi connectivity index (χ1n) is 8.41. The number of rotatable bonds is 7. The lowest BCUT2D eigenvalue weighted by Gasteiger charge is -2.18. The van der Waals surface area contributed by atoms with E-state index in [2.05, 4.69) is 5.32 Å². The molecule has 1 amide bonds. The van der Waals surface area contributed by atoms with Crippen molar-refractivity contribution in [1.82, 2.24) is 5.32 Å². The Hall–Kier alpha value is -2.93. The fourth-order valence-corrected chi connectivity index (χ4v) is 2.99. The summed E-state index contributed by atoms with van der Waals surface area (Å²) in [6, 6.07) is 13.0. The Labute approximate surface area is 160 Å². The van der Waals surface area contributed by atoms with Crippen molar-refractivity contribution >= 4 is 29.2 Å². The third-order valence-corrected chi connectivity index (χ3v) is 4.51. The van der Waals surface area contributed by atoms with Gasteiger partial charge in [-0.15, -0.1) is 0 Å². The second-order valence-electron chi connectivity index (χ2n) is 6.29. The van der Waals surface area contributed by atoms with E-state index in [0.29, 0.717) is 5.92 Å². The first-order valence-corrected chi connectivity index (χ1v) is 8.79. The number of hydrogen-bond acceptors (Lipinski definition) is 5. The highest BCUT2D eigenvalue weighted by Gasteiger charge is 2.33. The maximum Gasteiger partial charge on any atom is 0.345 e. The van der Waals surface area contributed by atoms with E-state index in [9.17, 15) is 19.7 Å². The van der Waals surface area contributed by atoms with Crippen molar-refractivity contribution in [3.63, 3.8) is 0 Å². The van der Waals surface area contributed by atoms with Crippen LogP contribution in [0.3, 0.4) is 0 Å². The van der Waals surface area contributed by atoms with Crippen LogP contribution in [0.4, 0.5) is 5.69 Å². The van der Waals surface area contributed by atoms with E-state index in [4.69, 9.17) is 16.3 Å². The minimum atomic E-state index is -0.970. The molecule has 1 N–H and O–H groups in total. The highest BCUT2D eigenvalue weighted by atomic mass is 35.5. The Morgan fingerprint density at radius 2 is 1.93 bits per heavy atom. The molecule has 0 aliphatic heterocycles. The fourth-order valence-electron chi connectivity index (χ4n) is 2.82. The molecule has 0 bridgehead atoms. The van der Waals surface area contributed by atoms with E-state index in [0.717, 1.165) is 30.5 Å². The van der Waals surface area contributed by atoms with Crippen molar-refractivity contribution < 1.29 is 19.2 Å². The molecule has 3 rings (SSSR count). The van der Waals surface area contributed by atoms with Crippen LogP contribution in [-0.4, -0.2) is 23.4 Å². The van der Waals surface area contributed by atoms with E-state index < -0.39 is 29.1 Å². The molecular formula is C19H17ClN2O5. The van der Waals surface area contributed by atoms with Gasteiger partial charge in [0.1, 0.15) is 5.56 Å². The number of halogens is 1. The molecule has 140 valence electrons. The molecule has 1 atom stereocenters. The van der Waals surface area contributed by atoms with Gasteiger partial charge in [-0.25, -0.2) is 4.79 Å². The summed E-state index contributed by atoms with van der Waals surface area (Å²) in [5, 5.41) is 14.1. The molecule has 7 nitrogen and oxygen atoms in total. The van der Waals surface area contributed by atoms with Crippen LogP contribution in [0.5, 0.6) is 0 Å². The normalized spacial score (nSPS) is 14.3.